The van der Waals surface area contributed by atoms with E-state index < -0.39 is 11.6 Å². The molecular weight excluding hydrogens is 484 g/mol. The average molecular weight is 511 g/mol. The van der Waals surface area contributed by atoms with Crippen LogP contribution in [0.2, 0.25) is 0 Å². The predicted molar refractivity (Wildman–Crippen MR) is 132 cm³/mol. The highest BCUT2D eigenvalue weighted by atomic mass is 35.5. The third-order valence-electron chi connectivity index (χ3n) is 5.13. The van der Waals surface area contributed by atoms with E-state index in [4.69, 9.17) is 10.8 Å². The van der Waals surface area contributed by atoms with E-state index in [2.05, 4.69) is 14.5 Å². The summed E-state index contributed by atoms with van der Waals surface area (Å²) >= 11 is 1.65. The number of hydrogen-bond acceptors (Lipinski definition) is 7. The number of aliphatic hydroxyl groups excluding tert-OH is 1. The second kappa shape index (κ2) is 13.4. The first-order valence-electron chi connectivity index (χ1n) is 10.7. The van der Waals surface area contributed by atoms with E-state index in [1.807, 2.05) is 31.5 Å². The van der Waals surface area contributed by atoms with Crippen molar-refractivity contribution in [1.29, 1.82) is 0 Å². The molecule has 4 aromatic rings. The molecule has 0 aliphatic rings. The smallest absolute Gasteiger partial charge is 0.233 e. The Kier molecular flexibility index (Phi) is 10.7. The Labute approximate surface area is 214 Å². The minimum absolute atomic E-state index is 0. The number of anilines is 1. The number of benzene rings is 2. The topological polar surface area (TPSA) is 110 Å². The Morgan fingerprint density at radius 2 is 1.51 bits per heavy atom. The van der Waals surface area contributed by atoms with Gasteiger partial charge >= 0.3 is 0 Å². The van der Waals surface area contributed by atoms with Crippen molar-refractivity contribution in [3.63, 3.8) is 0 Å². The highest BCUT2D eigenvalue weighted by molar-refractivity contribution is 7.09. The first-order chi connectivity index (χ1) is 16.4. The molecule has 0 unspecified atom stereocenters. The standard InChI is InChI=1S/C14H10O2.C12H17N4OS.ClH/c15-13(11-7-3-1-4-8-11)14(16)12-9-5-2-6-10-12;1-8-11(3-4-17)18-7-16(8)6-10-5-14-9(2)15-12(10)13;/h1-10H;5,7,17H,3-4,6H2,1-2H3,(H2,13,14,15);1H/q;+1;/p-1. The van der Waals surface area contributed by atoms with Gasteiger partial charge < -0.3 is 23.2 Å². The van der Waals surface area contributed by atoms with Crippen molar-refractivity contribution in [3.8, 4) is 0 Å². The number of nitrogens with two attached hydrogens (primary N) is 1. The van der Waals surface area contributed by atoms with Crippen LogP contribution in [0, 0.1) is 13.8 Å². The minimum atomic E-state index is -0.466. The molecular formula is C26H27ClN4O3S. The Morgan fingerprint density at radius 1 is 0.971 bits per heavy atom. The average Bonchev–Trinajstić information content (AvgIpc) is 3.20. The molecule has 9 heteroatoms. The van der Waals surface area contributed by atoms with E-state index in [0.29, 0.717) is 35.7 Å². The number of aromatic nitrogens is 3. The van der Waals surface area contributed by atoms with E-state index in [-0.39, 0.29) is 19.0 Å². The maximum atomic E-state index is 11.8. The van der Waals surface area contributed by atoms with E-state index in [1.165, 1.54) is 4.88 Å². The number of carbonyl (C=O) groups excluding carboxylic acids is 2. The number of nitrogens with zero attached hydrogens (tertiary/aromatic N) is 3. The lowest BCUT2D eigenvalue weighted by Crippen LogP contribution is -3.00. The lowest BCUT2D eigenvalue weighted by atomic mass is 10.0. The van der Waals surface area contributed by atoms with Crippen LogP contribution in [0.1, 0.15) is 42.7 Å². The Bertz CT molecular complexity index is 1210. The second-order valence-electron chi connectivity index (χ2n) is 7.55. The van der Waals surface area contributed by atoms with E-state index in [9.17, 15) is 9.59 Å². The molecule has 2 aromatic heterocycles. The largest absolute Gasteiger partial charge is 1.00 e. The lowest BCUT2D eigenvalue weighted by Gasteiger charge is -2.01. The van der Waals surface area contributed by atoms with Gasteiger partial charge in [-0.3, -0.25) is 9.59 Å². The summed E-state index contributed by atoms with van der Waals surface area (Å²) in [6.45, 7) is 4.71. The fourth-order valence-electron chi connectivity index (χ4n) is 3.21. The Balaban J connectivity index is 0.000000241. The maximum absolute atomic E-state index is 11.8. The molecule has 0 saturated heterocycles. The van der Waals surface area contributed by atoms with Crippen LogP contribution in [0.5, 0.6) is 0 Å². The molecule has 0 bridgehead atoms. The Morgan fingerprint density at radius 3 is 2.00 bits per heavy atom. The maximum Gasteiger partial charge on any atom is 0.233 e. The fraction of sp³-hybridized carbons (Fsp3) is 0.192. The van der Waals surface area contributed by atoms with Gasteiger partial charge in [-0.15, -0.1) is 0 Å². The van der Waals surface area contributed by atoms with Crippen LogP contribution in [0.25, 0.3) is 0 Å². The minimum Gasteiger partial charge on any atom is -1.00 e. The third kappa shape index (κ3) is 7.51. The number of hydrogen-bond donors (Lipinski definition) is 2. The summed E-state index contributed by atoms with van der Waals surface area (Å²) < 4.78 is 2.11. The number of Topliss-reactive ketones (excluding diaryl/α,β-unsaturated/α-hetero) is 2. The summed E-state index contributed by atoms with van der Waals surface area (Å²) in [5.74, 6) is 0.284. The molecule has 7 nitrogen and oxygen atoms in total. The van der Waals surface area contributed by atoms with Crippen LogP contribution >= 0.6 is 11.3 Å². The van der Waals surface area contributed by atoms with Crippen molar-refractivity contribution in [3.05, 3.63) is 105 Å². The van der Waals surface area contributed by atoms with Crippen molar-refractivity contribution in [2.24, 2.45) is 0 Å². The summed E-state index contributed by atoms with van der Waals surface area (Å²) in [7, 11) is 0. The fourth-order valence-corrected chi connectivity index (χ4v) is 4.19. The predicted octanol–water partition coefficient (Wildman–Crippen LogP) is 0.364. The van der Waals surface area contributed by atoms with E-state index in [1.54, 1.807) is 66.1 Å². The first-order valence-corrected chi connectivity index (χ1v) is 11.6. The molecule has 182 valence electrons. The van der Waals surface area contributed by atoms with Gasteiger partial charge in [0.15, 0.2) is 12.2 Å². The number of ketones is 2. The zero-order chi connectivity index (χ0) is 24.5. The zero-order valence-electron chi connectivity index (χ0n) is 19.5. The first kappa shape index (κ1) is 27.8. The van der Waals surface area contributed by atoms with Crippen LogP contribution in [-0.2, 0) is 13.0 Å². The molecule has 0 aliphatic carbocycles. The van der Waals surface area contributed by atoms with Gasteiger partial charge in [-0.1, -0.05) is 72.0 Å². The van der Waals surface area contributed by atoms with Crippen molar-refractivity contribution >= 4 is 28.7 Å². The zero-order valence-corrected chi connectivity index (χ0v) is 21.1. The van der Waals surface area contributed by atoms with E-state index >= 15 is 0 Å². The Hall–Kier alpha value is -3.46. The van der Waals surface area contributed by atoms with Crippen molar-refractivity contribution < 1.29 is 31.7 Å². The van der Waals surface area contributed by atoms with Gasteiger partial charge in [0.05, 0.1) is 10.4 Å². The van der Waals surface area contributed by atoms with Crippen molar-refractivity contribution in [2.75, 3.05) is 12.3 Å². The molecule has 0 amide bonds. The molecule has 0 aliphatic heterocycles. The summed E-state index contributed by atoms with van der Waals surface area (Å²) in [5, 5.41) is 8.98. The van der Waals surface area contributed by atoms with Crippen molar-refractivity contribution in [2.45, 2.75) is 26.8 Å². The summed E-state index contributed by atoms with van der Waals surface area (Å²) in [5.41, 5.74) is 10.9. The molecule has 35 heavy (non-hydrogen) atoms. The van der Waals surface area contributed by atoms with Gasteiger partial charge in [0.1, 0.15) is 11.6 Å². The molecule has 0 radical (unpaired) electrons. The van der Waals surface area contributed by atoms with Gasteiger partial charge in [0.2, 0.25) is 17.1 Å². The summed E-state index contributed by atoms with van der Waals surface area (Å²) in [4.78, 5) is 33.1. The van der Waals surface area contributed by atoms with Crippen LogP contribution in [-0.4, -0.2) is 33.2 Å². The van der Waals surface area contributed by atoms with Crippen molar-refractivity contribution in [1.82, 2.24) is 9.97 Å². The van der Waals surface area contributed by atoms with Crippen LogP contribution in [0.15, 0.2) is 72.4 Å². The third-order valence-corrected chi connectivity index (χ3v) is 6.28. The normalized spacial score (nSPS) is 10.0. The number of rotatable bonds is 7. The highest BCUT2D eigenvalue weighted by Crippen LogP contribution is 2.13. The molecule has 4 rings (SSSR count). The molecule has 2 aromatic carbocycles. The van der Waals surface area contributed by atoms with Crippen LogP contribution < -0.4 is 22.7 Å². The SMILES string of the molecule is Cc1ncc(C[n+]2csc(CCO)c2C)c(N)n1.O=C(C(=O)c1ccccc1)c1ccccc1.[Cl-]. The number of thiazole rings is 1. The second-order valence-corrected chi connectivity index (χ2v) is 8.49. The number of carbonyl (C=O) groups is 2. The van der Waals surface area contributed by atoms with Crippen LogP contribution in [0.4, 0.5) is 5.82 Å². The number of aryl methyl sites for hydroxylation is 1. The van der Waals surface area contributed by atoms with Crippen LogP contribution in [0.3, 0.4) is 0 Å². The van der Waals surface area contributed by atoms with Gasteiger partial charge in [0, 0.05) is 37.3 Å². The quantitative estimate of drug-likeness (QED) is 0.211. The lowest BCUT2D eigenvalue weighted by molar-refractivity contribution is -0.689. The molecule has 0 spiro atoms. The van der Waals surface area contributed by atoms with E-state index in [0.717, 1.165) is 11.3 Å². The molecule has 0 fully saturated rings. The summed E-state index contributed by atoms with van der Waals surface area (Å²) in [6.07, 6.45) is 2.47. The monoisotopic (exact) mass is 510 g/mol. The molecule has 0 atom stereocenters. The molecule has 3 N–H and O–H groups in total. The van der Waals surface area contributed by atoms with Gasteiger partial charge in [-0.25, -0.2) is 9.97 Å². The number of halogens is 1. The highest BCUT2D eigenvalue weighted by Gasteiger charge is 2.18. The van der Waals surface area contributed by atoms with Gasteiger partial charge in [-0.2, -0.15) is 4.57 Å². The summed E-state index contributed by atoms with van der Waals surface area (Å²) in [6, 6.07) is 17.2. The molecule has 0 saturated carbocycles. The van der Waals surface area contributed by atoms with Gasteiger partial charge in [0.25, 0.3) is 0 Å². The number of aliphatic hydroxyl groups is 1. The number of nitrogen functional groups attached to an aromatic ring is 1. The van der Waals surface area contributed by atoms with Gasteiger partial charge in [-0.05, 0) is 6.92 Å². The molecule has 2 heterocycles.